The van der Waals surface area contributed by atoms with Crippen LogP contribution >= 0.6 is 0 Å². The molecule has 2 aromatic carbocycles. The number of rotatable bonds is 7. The molecule has 0 spiro atoms. The van der Waals surface area contributed by atoms with E-state index < -0.39 is 44.9 Å². The number of benzene rings is 2. The van der Waals surface area contributed by atoms with Gasteiger partial charge in [-0.1, -0.05) is 18.2 Å². The Hall–Kier alpha value is -2.64. The van der Waals surface area contributed by atoms with Crippen molar-refractivity contribution in [3.63, 3.8) is 0 Å². The summed E-state index contributed by atoms with van der Waals surface area (Å²) in [6, 6.07) is 8.74. The summed E-state index contributed by atoms with van der Waals surface area (Å²) >= 11 is 0. The van der Waals surface area contributed by atoms with Crippen LogP contribution in [0.15, 0.2) is 53.4 Å². The minimum absolute atomic E-state index is 0.00850. The van der Waals surface area contributed by atoms with E-state index in [-0.39, 0.29) is 29.4 Å². The summed E-state index contributed by atoms with van der Waals surface area (Å²) in [5, 5.41) is 5.10. The quantitative estimate of drug-likeness (QED) is 0.534. The van der Waals surface area contributed by atoms with Gasteiger partial charge in [0.15, 0.2) is 9.84 Å². The average molecular weight is 523 g/mol. The molecule has 2 aromatic rings. The molecule has 1 aliphatic heterocycles. The Balaban J connectivity index is 1.52. The Labute approximate surface area is 198 Å². The van der Waals surface area contributed by atoms with Crippen molar-refractivity contribution < 1.29 is 39.6 Å². The van der Waals surface area contributed by atoms with Crippen molar-refractivity contribution in [1.29, 1.82) is 0 Å². The van der Waals surface area contributed by atoms with Crippen molar-refractivity contribution >= 4 is 21.4 Å². The molecule has 3 rings (SSSR count). The molecule has 0 saturated carbocycles. The van der Waals surface area contributed by atoms with E-state index in [0.29, 0.717) is 38.1 Å². The third-order valence-electron chi connectivity index (χ3n) is 5.49. The van der Waals surface area contributed by atoms with Crippen LogP contribution in [0, 0.1) is 0 Å². The van der Waals surface area contributed by atoms with Crippen LogP contribution in [0.2, 0.25) is 0 Å². The Morgan fingerprint density at radius 1 is 0.914 bits per heavy atom. The van der Waals surface area contributed by atoms with Gasteiger partial charge in [0.05, 0.1) is 22.6 Å². The van der Waals surface area contributed by atoms with Crippen molar-refractivity contribution in [2.24, 2.45) is 0 Å². The monoisotopic (exact) mass is 523 g/mol. The number of likely N-dealkylation sites (tertiary alicyclic amines) is 1. The lowest BCUT2D eigenvalue weighted by molar-refractivity contribution is -0.143. The lowest BCUT2D eigenvalue weighted by atomic mass is 10.1. The zero-order valence-electron chi connectivity index (χ0n) is 18.3. The zero-order chi connectivity index (χ0) is 25.9. The van der Waals surface area contributed by atoms with E-state index in [1.807, 2.05) is 0 Å². The highest BCUT2D eigenvalue weighted by Crippen LogP contribution is 2.37. The number of nitrogens with zero attached hydrogens (tertiary/aromatic N) is 1. The fourth-order valence-corrected chi connectivity index (χ4v) is 4.86. The maximum Gasteiger partial charge on any atom is 0.416 e. The highest BCUT2D eigenvalue weighted by Gasteiger charge is 2.37. The van der Waals surface area contributed by atoms with Gasteiger partial charge in [0.1, 0.15) is 5.88 Å². The summed E-state index contributed by atoms with van der Waals surface area (Å²) in [6.45, 7) is 0.562. The Kier molecular flexibility index (Phi) is 8.12. The standard InChI is InChI=1S/C22H23F6N3O3S/c23-21(24,25)15-10-16(22(26,27)28)12-18(11-15)30-20(32)13-31-8-6-17(7-9-31)29-14-35(33,34)19-4-2-1-3-5-19/h1-5,10-12,17,29H,6-9,13-14H2,(H,30,32). The van der Waals surface area contributed by atoms with Crippen LogP contribution in [0.25, 0.3) is 0 Å². The van der Waals surface area contributed by atoms with Crippen LogP contribution < -0.4 is 10.6 Å². The molecule has 0 aliphatic carbocycles. The minimum Gasteiger partial charge on any atom is -0.325 e. The van der Waals surface area contributed by atoms with Gasteiger partial charge in [-0.15, -0.1) is 0 Å². The third kappa shape index (κ3) is 7.67. The number of hydrogen-bond donors (Lipinski definition) is 2. The molecular weight excluding hydrogens is 500 g/mol. The smallest absolute Gasteiger partial charge is 0.325 e. The van der Waals surface area contributed by atoms with Gasteiger partial charge in [-0.25, -0.2) is 8.42 Å². The van der Waals surface area contributed by atoms with E-state index in [4.69, 9.17) is 0 Å². The molecule has 192 valence electrons. The van der Waals surface area contributed by atoms with Crippen LogP contribution in [0.3, 0.4) is 0 Å². The van der Waals surface area contributed by atoms with Crippen LogP contribution in [-0.4, -0.2) is 50.8 Å². The molecule has 35 heavy (non-hydrogen) atoms. The number of hydrogen-bond acceptors (Lipinski definition) is 5. The number of sulfone groups is 1. The fourth-order valence-electron chi connectivity index (χ4n) is 3.66. The van der Waals surface area contributed by atoms with Crippen molar-refractivity contribution in [1.82, 2.24) is 10.2 Å². The van der Waals surface area contributed by atoms with Gasteiger partial charge in [-0.05, 0) is 43.2 Å². The van der Waals surface area contributed by atoms with Gasteiger partial charge in [0, 0.05) is 24.8 Å². The zero-order valence-corrected chi connectivity index (χ0v) is 19.1. The number of carbonyl (C=O) groups excluding carboxylic acids is 1. The van der Waals surface area contributed by atoms with Crippen molar-refractivity contribution in [2.75, 3.05) is 30.8 Å². The topological polar surface area (TPSA) is 78.5 Å². The number of alkyl halides is 6. The number of amides is 1. The number of nitrogens with one attached hydrogen (secondary N) is 2. The Bertz CT molecular complexity index is 1100. The van der Waals surface area contributed by atoms with Gasteiger partial charge in [-0.3, -0.25) is 9.69 Å². The van der Waals surface area contributed by atoms with Crippen molar-refractivity contribution in [3.05, 3.63) is 59.7 Å². The molecular formula is C22H23F6N3O3S. The van der Waals surface area contributed by atoms with Gasteiger partial charge < -0.3 is 10.6 Å². The molecule has 0 radical (unpaired) electrons. The molecule has 0 atom stereocenters. The van der Waals surface area contributed by atoms with E-state index in [2.05, 4.69) is 10.6 Å². The first-order valence-electron chi connectivity index (χ1n) is 10.6. The summed E-state index contributed by atoms with van der Waals surface area (Å²) in [4.78, 5) is 14.2. The molecule has 0 aromatic heterocycles. The Morgan fingerprint density at radius 3 is 1.97 bits per heavy atom. The molecule has 13 heteroatoms. The molecule has 1 saturated heterocycles. The van der Waals surface area contributed by atoms with Crippen LogP contribution in [-0.2, 0) is 27.0 Å². The van der Waals surface area contributed by atoms with Crippen LogP contribution in [0.1, 0.15) is 24.0 Å². The third-order valence-corrected chi connectivity index (χ3v) is 7.03. The summed E-state index contributed by atoms with van der Waals surface area (Å²) in [5.41, 5.74) is -3.63. The van der Waals surface area contributed by atoms with E-state index >= 15 is 0 Å². The summed E-state index contributed by atoms with van der Waals surface area (Å²) in [7, 11) is -3.50. The number of piperidine rings is 1. The second kappa shape index (κ2) is 10.5. The van der Waals surface area contributed by atoms with Gasteiger partial charge in [-0.2, -0.15) is 26.3 Å². The largest absolute Gasteiger partial charge is 0.416 e. The van der Waals surface area contributed by atoms with Gasteiger partial charge >= 0.3 is 12.4 Å². The van der Waals surface area contributed by atoms with E-state index in [0.717, 1.165) is 0 Å². The highest BCUT2D eigenvalue weighted by atomic mass is 32.2. The molecule has 0 bridgehead atoms. The highest BCUT2D eigenvalue weighted by molar-refractivity contribution is 7.91. The molecule has 2 N–H and O–H groups in total. The summed E-state index contributed by atoms with van der Waals surface area (Å²) in [5.74, 6) is -1.00. The maximum absolute atomic E-state index is 13.0. The number of halogens is 6. The SMILES string of the molecule is O=C(CN1CCC(NCS(=O)(=O)c2ccccc2)CC1)Nc1cc(C(F)(F)F)cc(C(F)(F)F)c1. The average Bonchev–Trinajstić information content (AvgIpc) is 2.78. The molecule has 1 fully saturated rings. The second-order valence-electron chi connectivity index (χ2n) is 8.17. The molecule has 1 amide bonds. The van der Waals surface area contributed by atoms with Crippen LogP contribution in [0.5, 0.6) is 0 Å². The summed E-state index contributed by atoms with van der Waals surface area (Å²) < 4.78 is 103. The van der Waals surface area contributed by atoms with Crippen molar-refractivity contribution in [3.8, 4) is 0 Å². The van der Waals surface area contributed by atoms with E-state index in [1.54, 1.807) is 23.1 Å². The fraction of sp³-hybridized carbons (Fsp3) is 0.409. The number of anilines is 1. The molecule has 6 nitrogen and oxygen atoms in total. The second-order valence-corrected chi connectivity index (χ2v) is 10.2. The van der Waals surface area contributed by atoms with Gasteiger partial charge in [0.2, 0.25) is 5.91 Å². The van der Waals surface area contributed by atoms with E-state index in [9.17, 15) is 39.6 Å². The van der Waals surface area contributed by atoms with Crippen LogP contribution in [0.4, 0.5) is 32.0 Å². The molecule has 1 heterocycles. The first-order chi connectivity index (χ1) is 16.2. The molecule has 1 aliphatic rings. The Morgan fingerprint density at radius 2 is 1.46 bits per heavy atom. The minimum atomic E-state index is -5.01. The van der Waals surface area contributed by atoms with Crippen molar-refractivity contribution in [2.45, 2.75) is 36.1 Å². The normalized spacial score (nSPS) is 16.3. The predicted octanol–water partition coefficient (Wildman–Crippen LogP) is 4.15. The first-order valence-corrected chi connectivity index (χ1v) is 12.2. The molecule has 0 unspecified atom stereocenters. The number of carbonyl (C=O) groups is 1. The first kappa shape index (κ1) is 27.0. The van der Waals surface area contributed by atoms with Gasteiger partial charge in [0.25, 0.3) is 0 Å². The van der Waals surface area contributed by atoms with E-state index in [1.165, 1.54) is 12.1 Å². The predicted molar refractivity (Wildman–Crippen MR) is 116 cm³/mol. The lowest BCUT2D eigenvalue weighted by Crippen LogP contribution is -2.46. The lowest BCUT2D eigenvalue weighted by Gasteiger charge is -2.32. The summed E-state index contributed by atoms with van der Waals surface area (Å²) in [6.07, 6.45) is -8.99. The maximum atomic E-state index is 13.0.